The van der Waals surface area contributed by atoms with Crippen molar-refractivity contribution in [2.45, 2.75) is 13.5 Å². The summed E-state index contributed by atoms with van der Waals surface area (Å²) in [5.74, 6) is -0.420. The molecule has 2 aromatic rings. The Labute approximate surface area is 138 Å². The number of carbonyl (C=O) groups excluding carboxylic acids is 1. The molecule has 0 saturated carbocycles. The fourth-order valence-corrected chi connectivity index (χ4v) is 2.64. The van der Waals surface area contributed by atoms with Gasteiger partial charge in [-0.15, -0.1) is 11.8 Å². The highest BCUT2D eigenvalue weighted by molar-refractivity contribution is 7.99. The molecule has 0 aliphatic rings. The smallest absolute Gasteiger partial charge is 0.313 e. The van der Waals surface area contributed by atoms with Gasteiger partial charge in [-0.25, -0.2) is 0 Å². The summed E-state index contributed by atoms with van der Waals surface area (Å²) in [4.78, 5) is 22.5. The molecule has 0 saturated heterocycles. The zero-order chi connectivity index (χ0) is 16.7. The summed E-state index contributed by atoms with van der Waals surface area (Å²) in [5.41, 5.74) is 2.48. The van der Waals surface area contributed by atoms with Gasteiger partial charge in [-0.3, -0.25) is 14.3 Å². The van der Waals surface area contributed by atoms with Gasteiger partial charge in [-0.1, -0.05) is 30.3 Å². The van der Waals surface area contributed by atoms with Crippen molar-refractivity contribution in [1.29, 1.82) is 0 Å². The number of nitrogens with zero attached hydrogens (tertiary/aromatic N) is 2. The number of benzene rings is 1. The van der Waals surface area contributed by atoms with Crippen LogP contribution in [0.15, 0.2) is 36.5 Å². The lowest BCUT2D eigenvalue weighted by Gasteiger charge is -2.06. The molecule has 0 spiro atoms. The minimum absolute atomic E-state index is 0.0455. The van der Waals surface area contributed by atoms with Gasteiger partial charge in [0.25, 0.3) is 5.91 Å². The predicted molar refractivity (Wildman–Crippen MR) is 89.8 cm³/mol. The predicted octanol–water partition coefficient (Wildman–Crippen LogP) is 1.79. The summed E-state index contributed by atoms with van der Waals surface area (Å²) < 4.78 is 1.80. The zero-order valence-corrected chi connectivity index (χ0v) is 13.7. The first kappa shape index (κ1) is 17.1. The molecule has 0 aliphatic carbocycles. The van der Waals surface area contributed by atoms with Crippen molar-refractivity contribution < 1.29 is 14.7 Å². The molecule has 122 valence electrons. The first-order chi connectivity index (χ1) is 11.1. The van der Waals surface area contributed by atoms with Crippen LogP contribution in [0.25, 0.3) is 0 Å². The molecule has 1 amide bonds. The van der Waals surface area contributed by atoms with E-state index in [1.165, 1.54) is 11.8 Å². The molecule has 0 aliphatic heterocycles. The Balaban J connectivity index is 1.88. The van der Waals surface area contributed by atoms with E-state index in [1.54, 1.807) is 10.9 Å². The van der Waals surface area contributed by atoms with Gasteiger partial charge in [0.2, 0.25) is 0 Å². The summed E-state index contributed by atoms with van der Waals surface area (Å²) in [6.45, 7) is 2.92. The van der Waals surface area contributed by atoms with Gasteiger partial charge < -0.3 is 10.4 Å². The van der Waals surface area contributed by atoms with Crippen LogP contribution in [0.5, 0.6) is 0 Å². The Morgan fingerprint density at radius 1 is 1.30 bits per heavy atom. The molecule has 0 unspecified atom stereocenters. The first-order valence-electron chi connectivity index (χ1n) is 7.22. The van der Waals surface area contributed by atoms with E-state index in [2.05, 4.69) is 10.4 Å². The van der Waals surface area contributed by atoms with Crippen molar-refractivity contribution >= 4 is 23.6 Å². The van der Waals surface area contributed by atoms with Crippen molar-refractivity contribution in [3.8, 4) is 0 Å². The lowest BCUT2D eigenvalue weighted by Crippen LogP contribution is -2.26. The van der Waals surface area contributed by atoms with Crippen LogP contribution in [-0.4, -0.2) is 44.8 Å². The van der Waals surface area contributed by atoms with Gasteiger partial charge >= 0.3 is 5.97 Å². The van der Waals surface area contributed by atoms with Crippen LogP contribution in [0.4, 0.5) is 0 Å². The van der Waals surface area contributed by atoms with Gasteiger partial charge in [-0.05, 0) is 12.5 Å². The number of carbonyl (C=O) groups is 2. The third-order valence-corrected chi connectivity index (χ3v) is 4.22. The number of thioether (sulfide) groups is 1. The number of carboxylic acids is 1. The van der Waals surface area contributed by atoms with Crippen LogP contribution in [0.1, 0.15) is 21.6 Å². The third kappa shape index (κ3) is 5.14. The van der Waals surface area contributed by atoms with E-state index in [-0.39, 0.29) is 11.7 Å². The average Bonchev–Trinajstić information content (AvgIpc) is 2.88. The topological polar surface area (TPSA) is 84.2 Å². The highest BCUT2D eigenvalue weighted by atomic mass is 32.2. The Morgan fingerprint density at radius 2 is 2.04 bits per heavy atom. The highest BCUT2D eigenvalue weighted by Gasteiger charge is 2.13. The Kier molecular flexibility index (Phi) is 6.22. The van der Waals surface area contributed by atoms with Crippen molar-refractivity contribution in [2.24, 2.45) is 0 Å². The maximum Gasteiger partial charge on any atom is 0.313 e. The third-order valence-electron chi connectivity index (χ3n) is 3.28. The number of carboxylic acid groups (broad SMARTS) is 1. The number of aromatic nitrogens is 2. The summed E-state index contributed by atoms with van der Waals surface area (Å²) in [6, 6.07) is 9.93. The van der Waals surface area contributed by atoms with E-state index >= 15 is 0 Å². The van der Waals surface area contributed by atoms with Crippen molar-refractivity contribution in [2.75, 3.05) is 18.1 Å². The molecular weight excluding hydrogens is 314 g/mol. The summed E-state index contributed by atoms with van der Waals surface area (Å²) in [5, 5.41) is 15.6. The van der Waals surface area contributed by atoms with Crippen molar-refractivity contribution in [3.63, 3.8) is 0 Å². The molecule has 0 atom stereocenters. The molecule has 1 heterocycles. The molecule has 6 nitrogen and oxygen atoms in total. The average molecular weight is 333 g/mol. The molecule has 0 fully saturated rings. The van der Waals surface area contributed by atoms with E-state index in [9.17, 15) is 9.59 Å². The van der Waals surface area contributed by atoms with Gasteiger partial charge in [0, 0.05) is 18.0 Å². The van der Waals surface area contributed by atoms with Gasteiger partial charge in [0.15, 0.2) is 0 Å². The van der Waals surface area contributed by atoms with E-state index < -0.39 is 5.97 Å². The van der Waals surface area contributed by atoms with E-state index in [4.69, 9.17) is 5.11 Å². The Bertz CT molecular complexity index is 670. The first-order valence-corrected chi connectivity index (χ1v) is 8.37. The van der Waals surface area contributed by atoms with Crippen molar-refractivity contribution in [3.05, 3.63) is 53.3 Å². The molecule has 1 aromatic heterocycles. The fourth-order valence-electron chi connectivity index (χ4n) is 2.08. The minimum atomic E-state index is -0.848. The second-order valence-corrected chi connectivity index (χ2v) is 6.09. The molecular formula is C16H19N3O3S. The maximum atomic E-state index is 12.1. The SMILES string of the molecule is Cc1c(C(=O)NCCSCC(=O)O)cnn1Cc1ccccc1. The standard InChI is InChI=1S/C16H19N3O3S/c1-12-14(16(22)17-7-8-23-11-15(20)21)9-18-19(12)10-13-5-3-2-4-6-13/h2-6,9H,7-8,10-11H2,1H3,(H,17,22)(H,20,21). The number of hydrogen-bond acceptors (Lipinski definition) is 4. The van der Waals surface area contributed by atoms with Gasteiger partial charge in [0.1, 0.15) is 0 Å². The summed E-state index contributed by atoms with van der Waals surface area (Å²) >= 11 is 1.27. The molecule has 0 bridgehead atoms. The van der Waals surface area contributed by atoms with E-state index in [0.29, 0.717) is 24.4 Å². The molecule has 2 rings (SSSR count). The van der Waals surface area contributed by atoms with Crippen molar-refractivity contribution in [1.82, 2.24) is 15.1 Å². The number of hydrogen-bond donors (Lipinski definition) is 2. The van der Waals surface area contributed by atoms with E-state index in [1.807, 2.05) is 37.3 Å². The van der Waals surface area contributed by atoms with Crippen LogP contribution in [-0.2, 0) is 11.3 Å². The number of aliphatic carboxylic acids is 1. The monoisotopic (exact) mass is 333 g/mol. The van der Waals surface area contributed by atoms with Crippen LogP contribution in [0, 0.1) is 6.92 Å². The van der Waals surface area contributed by atoms with Crippen LogP contribution in [0.2, 0.25) is 0 Å². The van der Waals surface area contributed by atoms with Crippen LogP contribution in [0.3, 0.4) is 0 Å². The summed E-state index contributed by atoms with van der Waals surface area (Å²) in [7, 11) is 0. The second-order valence-electron chi connectivity index (χ2n) is 4.99. The number of rotatable bonds is 8. The number of amides is 1. The lowest BCUT2D eigenvalue weighted by atomic mass is 10.2. The summed E-state index contributed by atoms with van der Waals surface area (Å²) in [6.07, 6.45) is 1.57. The highest BCUT2D eigenvalue weighted by Crippen LogP contribution is 2.10. The van der Waals surface area contributed by atoms with Gasteiger partial charge in [0.05, 0.1) is 24.1 Å². The number of nitrogens with one attached hydrogen (secondary N) is 1. The minimum Gasteiger partial charge on any atom is -0.481 e. The normalized spacial score (nSPS) is 10.5. The van der Waals surface area contributed by atoms with Crippen LogP contribution < -0.4 is 5.32 Å². The maximum absolute atomic E-state index is 12.1. The second kappa shape index (κ2) is 8.38. The molecule has 1 aromatic carbocycles. The Hall–Kier alpha value is -2.28. The molecule has 7 heteroatoms. The molecule has 23 heavy (non-hydrogen) atoms. The Morgan fingerprint density at radius 3 is 2.74 bits per heavy atom. The van der Waals surface area contributed by atoms with E-state index in [0.717, 1.165) is 11.3 Å². The van der Waals surface area contributed by atoms with Gasteiger partial charge in [-0.2, -0.15) is 5.10 Å². The quantitative estimate of drug-likeness (QED) is 0.720. The largest absolute Gasteiger partial charge is 0.481 e. The fraction of sp³-hybridized carbons (Fsp3) is 0.312. The van der Waals surface area contributed by atoms with Crippen LogP contribution >= 0.6 is 11.8 Å². The zero-order valence-electron chi connectivity index (χ0n) is 12.9. The molecule has 2 N–H and O–H groups in total. The lowest BCUT2D eigenvalue weighted by molar-refractivity contribution is -0.133. The molecule has 0 radical (unpaired) electrons.